The van der Waals surface area contributed by atoms with Crippen molar-refractivity contribution in [3.63, 3.8) is 0 Å². The van der Waals surface area contributed by atoms with Gasteiger partial charge in [-0.25, -0.2) is 0 Å². The van der Waals surface area contributed by atoms with Crippen LogP contribution >= 0.6 is 0 Å². The second-order valence-electron chi connectivity index (χ2n) is 6.67. The summed E-state index contributed by atoms with van der Waals surface area (Å²) in [6, 6.07) is 0.872. The van der Waals surface area contributed by atoms with Crippen LogP contribution in [-0.4, -0.2) is 49.1 Å². The van der Waals surface area contributed by atoms with Gasteiger partial charge in [0.2, 0.25) is 0 Å². The lowest BCUT2D eigenvalue weighted by Gasteiger charge is -2.37. The molecular weight excluding hydrogens is 240 g/mol. The fourth-order valence-electron chi connectivity index (χ4n) is 3.44. The molecule has 0 amide bonds. The van der Waals surface area contributed by atoms with Gasteiger partial charge in [0.05, 0.1) is 18.8 Å². The van der Waals surface area contributed by atoms with Crippen LogP contribution in [0, 0.1) is 5.92 Å². The van der Waals surface area contributed by atoms with E-state index in [2.05, 4.69) is 24.5 Å². The van der Waals surface area contributed by atoms with Crippen molar-refractivity contribution in [1.29, 1.82) is 0 Å². The molecule has 2 fully saturated rings. The van der Waals surface area contributed by atoms with Gasteiger partial charge in [0.15, 0.2) is 0 Å². The molecule has 1 heterocycles. The largest absolute Gasteiger partial charge is 0.389 e. The van der Waals surface area contributed by atoms with E-state index in [4.69, 9.17) is 4.74 Å². The number of morpholine rings is 1. The summed E-state index contributed by atoms with van der Waals surface area (Å²) in [5.74, 6) is 0.657. The SMILES string of the molecule is CC1CCCC(O)(CNC(C)CC2COCCN2)C1. The van der Waals surface area contributed by atoms with Crippen molar-refractivity contribution in [2.24, 2.45) is 5.92 Å². The monoisotopic (exact) mass is 270 g/mol. The summed E-state index contributed by atoms with van der Waals surface area (Å²) in [5.41, 5.74) is -0.484. The van der Waals surface area contributed by atoms with Crippen molar-refractivity contribution in [1.82, 2.24) is 10.6 Å². The Hall–Kier alpha value is -0.160. The first-order chi connectivity index (χ1) is 9.07. The molecule has 2 rings (SSSR count). The molecule has 19 heavy (non-hydrogen) atoms. The number of rotatable bonds is 5. The van der Waals surface area contributed by atoms with Gasteiger partial charge < -0.3 is 20.5 Å². The molecule has 1 aliphatic carbocycles. The Kier molecular flexibility index (Phi) is 5.63. The molecule has 0 bridgehead atoms. The van der Waals surface area contributed by atoms with Crippen molar-refractivity contribution in [2.75, 3.05) is 26.3 Å². The molecule has 0 aromatic heterocycles. The van der Waals surface area contributed by atoms with Crippen LogP contribution in [0.1, 0.15) is 46.0 Å². The highest BCUT2D eigenvalue weighted by molar-refractivity contribution is 4.88. The zero-order valence-electron chi connectivity index (χ0n) is 12.5. The number of nitrogens with one attached hydrogen (secondary N) is 2. The third kappa shape index (κ3) is 5.03. The molecule has 0 spiro atoms. The van der Waals surface area contributed by atoms with E-state index in [0.717, 1.165) is 52.0 Å². The Balaban J connectivity index is 1.68. The van der Waals surface area contributed by atoms with Gasteiger partial charge in [0, 0.05) is 25.2 Å². The van der Waals surface area contributed by atoms with Crippen molar-refractivity contribution < 1.29 is 9.84 Å². The van der Waals surface area contributed by atoms with E-state index in [1.54, 1.807) is 0 Å². The third-order valence-corrected chi connectivity index (χ3v) is 4.48. The molecular formula is C15H30N2O2. The fourth-order valence-corrected chi connectivity index (χ4v) is 3.44. The standard InChI is InChI=1S/C15H30N2O2/c1-12-4-3-5-15(18,9-12)11-17-13(2)8-14-10-19-7-6-16-14/h12-14,16-18H,3-11H2,1-2H3. The summed E-state index contributed by atoms with van der Waals surface area (Å²) >= 11 is 0. The smallest absolute Gasteiger partial charge is 0.0774 e. The normalized spacial score (nSPS) is 38.1. The minimum atomic E-state index is -0.484. The fraction of sp³-hybridized carbons (Fsp3) is 1.00. The van der Waals surface area contributed by atoms with Gasteiger partial charge in [-0.1, -0.05) is 19.8 Å². The maximum Gasteiger partial charge on any atom is 0.0774 e. The van der Waals surface area contributed by atoms with Crippen LogP contribution in [0.4, 0.5) is 0 Å². The molecule has 4 nitrogen and oxygen atoms in total. The highest BCUT2D eigenvalue weighted by Gasteiger charge is 2.32. The van der Waals surface area contributed by atoms with Gasteiger partial charge in [-0.05, 0) is 32.1 Å². The first-order valence-electron chi connectivity index (χ1n) is 7.84. The lowest BCUT2D eigenvalue weighted by molar-refractivity contribution is -0.0142. The zero-order valence-corrected chi connectivity index (χ0v) is 12.5. The van der Waals surface area contributed by atoms with Crippen molar-refractivity contribution in [2.45, 2.75) is 63.6 Å². The molecule has 4 heteroatoms. The van der Waals surface area contributed by atoms with Gasteiger partial charge in [-0.3, -0.25) is 0 Å². The molecule has 2 aliphatic rings. The molecule has 1 saturated heterocycles. The van der Waals surface area contributed by atoms with E-state index in [1.165, 1.54) is 6.42 Å². The molecule has 1 aliphatic heterocycles. The number of aliphatic hydroxyl groups is 1. The average molecular weight is 270 g/mol. The summed E-state index contributed by atoms with van der Waals surface area (Å²) in [4.78, 5) is 0. The Morgan fingerprint density at radius 2 is 2.37 bits per heavy atom. The maximum atomic E-state index is 10.6. The van der Waals surface area contributed by atoms with Crippen LogP contribution in [-0.2, 0) is 4.74 Å². The average Bonchev–Trinajstić information content (AvgIpc) is 2.38. The summed E-state index contributed by atoms with van der Waals surface area (Å²) in [6.07, 6.45) is 5.37. The van der Waals surface area contributed by atoms with E-state index >= 15 is 0 Å². The van der Waals surface area contributed by atoms with E-state index in [9.17, 15) is 5.11 Å². The van der Waals surface area contributed by atoms with E-state index in [0.29, 0.717) is 18.0 Å². The number of hydrogen-bond donors (Lipinski definition) is 3. The predicted octanol–water partition coefficient (Wildman–Crippen LogP) is 1.28. The van der Waals surface area contributed by atoms with Crippen molar-refractivity contribution >= 4 is 0 Å². The molecule has 3 N–H and O–H groups in total. The second kappa shape index (κ2) is 7.02. The van der Waals surface area contributed by atoms with Gasteiger partial charge in [-0.2, -0.15) is 0 Å². The predicted molar refractivity (Wildman–Crippen MR) is 77.3 cm³/mol. The van der Waals surface area contributed by atoms with Crippen molar-refractivity contribution in [3.05, 3.63) is 0 Å². The van der Waals surface area contributed by atoms with Gasteiger partial charge >= 0.3 is 0 Å². The van der Waals surface area contributed by atoms with Gasteiger partial charge in [0.1, 0.15) is 0 Å². The third-order valence-electron chi connectivity index (χ3n) is 4.48. The van der Waals surface area contributed by atoms with E-state index in [1.807, 2.05) is 0 Å². The Morgan fingerprint density at radius 1 is 1.53 bits per heavy atom. The summed E-state index contributed by atoms with van der Waals surface area (Å²) < 4.78 is 5.47. The minimum absolute atomic E-state index is 0.417. The Bertz CT molecular complexity index is 269. The van der Waals surface area contributed by atoms with Crippen molar-refractivity contribution in [3.8, 4) is 0 Å². The lowest BCUT2D eigenvalue weighted by Crippen LogP contribution is -2.49. The topological polar surface area (TPSA) is 53.5 Å². The minimum Gasteiger partial charge on any atom is -0.389 e. The molecule has 4 atom stereocenters. The molecule has 112 valence electrons. The molecule has 0 radical (unpaired) electrons. The quantitative estimate of drug-likeness (QED) is 0.704. The highest BCUT2D eigenvalue weighted by atomic mass is 16.5. The Morgan fingerprint density at radius 3 is 3.05 bits per heavy atom. The molecule has 0 aromatic carbocycles. The highest BCUT2D eigenvalue weighted by Crippen LogP contribution is 2.31. The van der Waals surface area contributed by atoms with Crippen LogP contribution in [0.3, 0.4) is 0 Å². The van der Waals surface area contributed by atoms with Crippen LogP contribution in [0.15, 0.2) is 0 Å². The van der Waals surface area contributed by atoms with Crippen LogP contribution in [0.2, 0.25) is 0 Å². The summed E-state index contributed by atoms with van der Waals surface area (Å²) in [6.45, 7) is 7.77. The van der Waals surface area contributed by atoms with E-state index in [-0.39, 0.29) is 0 Å². The van der Waals surface area contributed by atoms with E-state index < -0.39 is 5.60 Å². The van der Waals surface area contributed by atoms with Crippen LogP contribution in [0.5, 0.6) is 0 Å². The number of hydrogen-bond acceptors (Lipinski definition) is 4. The molecule has 0 aromatic rings. The van der Waals surface area contributed by atoms with Gasteiger partial charge in [0.25, 0.3) is 0 Å². The van der Waals surface area contributed by atoms with Crippen LogP contribution in [0.25, 0.3) is 0 Å². The molecule has 4 unspecified atom stereocenters. The summed E-state index contributed by atoms with van der Waals surface area (Å²) in [7, 11) is 0. The maximum absolute atomic E-state index is 10.6. The van der Waals surface area contributed by atoms with Crippen LogP contribution < -0.4 is 10.6 Å². The van der Waals surface area contributed by atoms with Gasteiger partial charge in [-0.15, -0.1) is 0 Å². The lowest BCUT2D eigenvalue weighted by atomic mass is 9.79. The number of ether oxygens (including phenoxy) is 1. The second-order valence-corrected chi connectivity index (χ2v) is 6.67. The summed E-state index contributed by atoms with van der Waals surface area (Å²) in [5, 5.41) is 17.6. The Labute approximate surface area is 117 Å². The first-order valence-corrected chi connectivity index (χ1v) is 7.84. The molecule has 1 saturated carbocycles. The first kappa shape index (κ1) is 15.2. The zero-order chi connectivity index (χ0) is 13.7.